The predicted molar refractivity (Wildman–Crippen MR) is 132 cm³/mol. The van der Waals surface area contributed by atoms with E-state index in [1.54, 1.807) is 48.5 Å². The third kappa shape index (κ3) is 8.78. The van der Waals surface area contributed by atoms with Crippen molar-refractivity contribution in [2.75, 3.05) is 0 Å². The number of nitro benzene ring substituents is 2. The second-order valence-corrected chi connectivity index (χ2v) is 7.04. The zero-order chi connectivity index (χ0) is 27.3. The summed E-state index contributed by atoms with van der Waals surface area (Å²) in [6.45, 7) is 0. The van der Waals surface area contributed by atoms with Crippen LogP contribution in [0.25, 0.3) is 0 Å². The van der Waals surface area contributed by atoms with E-state index in [4.69, 9.17) is 18.9 Å². The highest BCUT2D eigenvalue weighted by molar-refractivity contribution is 5.67. The molecule has 38 heavy (non-hydrogen) atoms. The first-order valence-electron chi connectivity index (χ1n) is 10.7. The summed E-state index contributed by atoms with van der Waals surface area (Å²) >= 11 is 0. The van der Waals surface area contributed by atoms with Crippen LogP contribution in [0.5, 0.6) is 23.0 Å². The largest absolute Gasteiger partial charge is 0.519 e. The third-order valence-electron chi connectivity index (χ3n) is 4.39. The van der Waals surface area contributed by atoms with Crippen LogP contribution >= 0.6 is 0 Å². The fourth-order valence-corrected chi connectivity index (χ4v) is 2.68. The first-order chi connectivity index (χ1) is 18.3. The third-order valence-corrected chi connectivity index (χ3v) is 4.39. The van der Waals surface area contributed by atoms with Gasteiger partial charge in [0.25, 0.3) is 11.4 Å². The molecule has 0 atom stereocenters. The SMILES string of the molecule is O=C(Oc1ccc([N+](=O)[O-])cc1)Oc1ccc([N+](=O)[O-])cc1.O=C(Oc1ccccc1)Oc1ccccc1. The normalized spacial score (nSPS) is 9.68. The molecule has 0 N–H and O–H groups in total. The molecule has 0 unspecified atom stereocenters. The summed E-state index contributed by atoms with van der Waals surface area (Å²) in [5.41, 5.74) is -0.285. The Morgan fingerprint density at radius 3 is 0.974 bits per heavy atom. The molecule has 4 aromatic rings. The van der Waals surface area contributed by atoms with Gasteiger partial charge in [-0.15, -0.1) is 0 Å². The lowest BCUT2D eigenvalue weighted by Gasteiger charge is -2.05. The van der Waals surface area contributed by atoms with E-state index in [2.05, 4.69) is 0 Å². The number of ether oxygens (including phenoxy) is 4. The summed E-state index contributed by atoms with van der Waals surface area (Å²) in [4.78, 5) is 42.6. The summed E-state index contributed by atoms with van der Waals surface area (Å²) in [6.07, 6.45) is -1.81. The van der Waals surface area contributed by atoms with E-state index in [1.807, 2.05) is 12.1 Å². The van der Waals surface area contributed by atoms with Gasteiger partial charge < -0.3 is 18.9 Å². The van der Waals surface area contributed by atoms with Crippen molar-refractivity contribution in [2.24, 2.45) is 0 Å². The Hall–Kier alpha value is -5.78. The second kappa shape index (κ2) is 13.3. The van der Waals surface area contributed by atoms with Crippen LogP contribution in [0.4, 0.5) is 21.0 Å². The minimum atomic E-state index is -1.07. The molecule has 0 fully saturated rings. The van der Waals surface area contributed by atoms with Crippen LogP contribution in [-0.4, -0.2) is 22.2 Å². The van der Waals surface area contributed by atoms with Gasteiger partial charge in [0.1, 0.15) is 23.0 Å². The topological polar surface area (TPSA) is 157 Å². The average molecular weight is 518 g/mol. The second-order valence-electron chi connectivity index (χ2n) is 7.04. The Kier molecular flexibility index (Phi) is 9.42. The van der Waals surface area contributed by atoms with Gasteiger partial charge in [0.2, 0.25) is 0 Å². The standard InChI is InChI=1S/C13H8N2O7.C13H10O3/c16-13(21-11-5-1-9(2-6-11)14(17)18)22-12-7-3-10(4-8-12)15(19)20;14-13(15-11-7-3-1-4-8-11)16-12-9-5-2-6-10-12/h1-8H;1-10H. The summed E-state index contributed by atoms with van der Waals surface area (Å²) in [6, 6.07) is 27.2. The van der Waals surface area contributed by atoms with Gasteiger partial charge in [-0.2, -0.15) is 0 Å². The van der Waals surface area contributed by atoms with Crippen molar-refractivity contribution in [3.63, 3.8) is 0 Å². The fraction of sp³-hybridized carbons (Fsp3) is 0. The summed E-state index contributed by atoms with van der Waals surface area (Å²) < 4.78 is 19.5. The van der Waals surface area contributed by atoms with Crippen molar-refractivity contribution in [2.45, 2.75) is 0 Å². The van der Waals surface area contributed by atoms with Gasteiger partial charge in [-0.05, 0) is 48.5 Å². The van der Waals surface area contributed by atoms with Crippen LogP contribution in [0, 0.1) is 20.2 Å². The monoisotopic (exact) mass is 518 g/mol. The Morgan fingerprint density at radius 2 is 0.711 bits per heavy atom. The van der Waals surface area contributed by atoms with Gasteiger partial charge >= 0.3 is 12.3 Å². The number of non-ortho nitro benzene ring substituents is 2. The summed E-state index contributed by atoms with van der Waals surface area (Å²) in [7, 11) is 0. The number of rotatable bonds is 6. The Balaban J connectivity index is 0.000000221. The molecule has 12 heteroatoms. The van der Waals surface area contributed by atoms with E-state index in [1.165, 1.54) is 48.5 Å². The van der Waals surface area contributed by atoms with Crippen LogP contribution in [0.3, 0.4) is 0 Å². The van der Waals surface area contributed by atoms with Crippen LogP contribution in [-0.2, 0) is 0 Å². The van der Waals surface area contributed by atoms with E-state index in [0.29, 0.717) is 11.5 Å². The van der Waals surface area contributed by atoms with Crippen molar-refractivity contribution in [1.82, 2.24) is 0 Å². The van der Waals surface area contributed by atoms with Gasteiger partial charge in [-0.25, -0.2) is 9.59 Å². The molecule has 0 bridgehead atoms. The van der Waals surface area contributed by atoms with E-state index in [-0.39, 0.29) is 22.9 Å². The smallest absolute Gasteiger partial charge is 0.395 e. The lowest BCUT2D eigenvalue weighted by atomic mass is 10.3. The first kappa shape index (κ1) is 26.8. The molecule has 0 aromatic heterocycles. The van der Waals surface area contributed by atoms with Gasteiger partial charge in [-0.3, -0.25) is 20.2 Å². The Labute approximate surface area is 214 Å². The van der Waals surface area contributed by atoms with Gasteiger partial charge in [-0.1, -0.05) is 36.4 Å². The minimum Gasteiger partial charge on any atom is -0.395 e. The van der Waals surface area contributed by atoms with E-state index < -0.39 is 22.2 Å². The number of hydrogen-bond acceptors (Lipinski definition) is 10. The molecule has 4 aromatic carbocycles. The molecular weight excluding hydrogens is 500 g/mol. The van der Waals surface area contributed by atoms with E-state index in [0.717, 1.165) is 0 Å². The van der Waals surface area contributed by atoms with Crippen LogP contribution in [0.2, 0.25) is 0 Å². The van der Waals surface area contributed by atoms with Crippen LogP contribution in [0.15, 0.2) is 109 Å². The zero-order valence-electron chi connectivity index (χ0n) is 19.4. The van der Waals surface area contributed by atoms with Crippen molar-refractivity contribution >= 4 is 23.7 Å². The van der Waals surface area contributed by atoms with Crippen LogP contribution in [0.1, 0.15) is 0 Å². The van der Waals surface area contributed by atoms with E-state index in [9.17, 15) is 29.8 Å². The number of nitrogens with zero attached hydrogens (tertiary/aromatic N) is 2. The summed E-state index contributed by atoms with van der Waals surface area (Å²) in [5.74, 6) is 1.06. The Bertz CT molecular complexity index is 1270. The molecule has 0 amide bonds. The van der Waals surface area contributed by atoms with Gasteiger partial charge in [0, 0.05) is 24.3 Å². The molecule has 0 saturated heterocycles. The predicted octanol–water partition coefficient (Wildman–Crippen LogP) is 6.35. The Morgan fingerprint density at radius 1 is 0.447 bits per heavy atom. The number of hydrogen-bond donors (Lipinski definition) is 0. The van der Waals surface area contributed by atoms with Gasteiger partial charge in [0.05, 0.1) is 9.85 Å². The number of para-hydroxylation sites is 2. The fourth-order valence-electron chi connectivity index (χ4n) is 2.68. The number of benzene rings is 4. The molecule has 0 aliphatic carbocycles. The van der Waals surface area contributed by atoms with Crippen LogP contribution < -0.4 is 18.9 Å². The molecule has 0 heterocycles. The van der Waals surface area contributed by atoms with Crippen molar-refractivity contribution in [1.29, 1.82) is 0 Å². The highest BCUT2D eigenvalue weighted by Crippen LogP contribution is 2.20. The molecule has 4 rings (SSSR count). The molecule has 192 valence electrons. The van der Waals surface area contributed by atoms with E-state index >= 15 is 0 Å². The number of carbonyl (C=O) groups excluding carboxylic acids is 2. The lowest BCUT2D eigenvalue weighted by molar-refractivity contribution is -0.385. The van der Waals surface area contributed by atoms with Crippen molar-refractivity contribution < 1.29 is 38.4 Å². The number of carbonyl (C=O) groups is 2. The quantitative estimate of drug-likeness (QED) is 0.122. The lowest BCUT2D eigenvalue weighted by Crippen LogP contribution is -2.13. The highest BCUT2D eigenvalue weighted by Gasteiger charge is 2.12. The highest BCUT2D eigenvalue weighted by atomic mass is 16.7. The summed E-state index contributed by atoms with van der Waals surface area (Å²) in [5, 5.41) is 21.0. The maximum absolute atomic E-state index is 11.5. The average Bonchev–Trinajstić information content (AvgIpc) is 2.91. The molecule has 0 spiro atoms. The molecule has 0 radical (unpaired) electrons. The maximum Gasteiger partial charge on any atom is 0.519 e. The molecule has 0 aliphatic heterocycles. The first-order valence-corrected chi connectivity index (χ1v) is 10.7. The van der Waals surface area contributed by atoms with Gasteiger partial charge in [0.15, 0.2) is 0 Å². The number of nitro groups is 2. The molecule has 0 saturated carbocycles. The minimum absolute atomic E-state index is 0.0671. The maximum atomic E-state index is 11.5. The molecule has 0 aliphatic rings. The molecular formula is C26H18N2O10. The zero-order valence-corrected chi connectivity index (χ0v) is 19.4. The van der Waals surface area contributed by atoms with Crippen molar-refractivity contribution in [3.05, 3.63) is 129 Å². The van der Waals surface area contributed by atoms with Crippen molar-refractivity contribution in [3.8, 4) is 23.0 Å². The molecule has 12 nitrogen and oxygen atoms in total.